The molecule has 27 heavy (non-hydrogen) atoms. The van der Waals surface area contributed by atoms with E-state index in [0.29, 0.717) is 37.6 Å². The molecule has 0 atom stereocenters. The maximum Gasteiger partial charge on any atom is 0.238 e. The Labute approximate surface area is 165 Å². The van der Waals surface area contributed by atoms with Crippen LogP contribution >= 0.6 is 23.1 Å². The molecule has 0 aliphatic carbocycles. The number of aryl methyl sites for hydroxylation is 1. The molecule has 2 heterocycles. The largest absolute Gasteiger partial charge is 0.339 e. The highest BCUT2D eigenvalue weighted by molar-refractivity contribution is 8.01. The number of carbonyl (C=O) groups is 2. The Morgan fingerprint density at radius 2 is 1.93 bits per heavy atom. The van der Waals surface area contributed by atoms with Crippen LogP contribution in [0.2, 0.25) is 0 Å². The lowest BCUT2D eigenvalue weighted by Crippen LogP contribution is -2.50. The lowest BCUT2D eigenvalue weighted by Gasteiger charge is -2.34. The van der Waals surface area contributed by atoms with Gasteiger partial charge >= 0.3 is 0 Å². The van der Waals surface area contributed by atoms with Crippen molar-refractivity contribution in [1.29, 1.82) is 0 Å². The predicted octanol–water partition coefficient (Wildman–Crippen LogP) is 2.47. The monoisotopic (exact) mass is 408 g/mol. The van der Waals surface area contributed by atoms with Gasteiger partial charge in [0, 0.05) is 42.9 Å². The van der Waals surface area contributed by atoms with E-state index in [1.54, 1.807) is 11.3 Å². The average Bonchev–Trinajstić information content (AvgIpc) is 3.07. The molecular formula is C18H21FN4O2S2. The number of anilines is 1. The fourth-order valence-electron chi connectivity index (χ4n) is 2.71. The van der Waals surface area contributed by atoms with Crippen molar-refractivity contribution < 1.29 is 14.0 Å². The van der Waals surface area contributed by atoms with Crippen molar-refractivity contribution in [3.63, 3.8) is 0 Å². The van der Waals surface area contributed by atoms with E-state index in [9.17, 15) is 14.0 Å². The number of halogens is 1. The van der Waals surface area contributed by atoms with E-state index in [1.807, 2.05) is 22.1 Å². The summed E-state index contributed by atoms with van der Waals surface area (Å²) in [7, 11) is 0. The maximum atomic E-state index is 12.9. The molecule has 9 heteroatoms. The Morgan fingerprint density at radius 1 is 1.22 bits per heavy atom. The lowest BCUT2D eigenvalue weighted by atomic mass is 10.3. The van der Waals surface area contributed by atoms with E-state index in [1.165, 1.54) is 36.0 Å². The van der Waals surface area contributed by atoms with E-state index in [4.69, 9.17) is 0 Å². The number of hydrogen-bond acceptors (Lipinski definition) is 6. The van der Waals surface area contributed by atoms with Gasteiger partial charge in [0.05, 0.1) is 12.3 Å². The number of hydrogen-bond donors (Lipinski definition) is 1. The zero-order chi connectivity index (χ0) is 19.2. The number of thioether (sulfide) groups is 1. The quantitative estimate of drug-likeness (QED) is 0.744. The van der Waals surface area contributed by atoms with Gasteiger partial charge in [-0.25, -0.2) is 9.37 Å². The summed E-state index contributed by atoms with van der Waals surface area (Å²) in [6.45, 7) is 4.73. The van der Waals surface area contributed by atoms with Gasteiger partial charge in [-0.2, -0.15) is 0 Å². The number of nitrogens with zero attached hydrogens (tertiary/aromatic N) is 3. The van der Waals surface area contributed by atoms with Gasteiger partial charge in [-0.3, -0.25) is 14.5 Å². The molecule has 1 aliphatic heterocycles. The zero-order valence-corrected chi connectivity index (χ0v) is 16.6. The van der Waals surface area contributed by atoms with E-state index in [0.717, 1.165) is 10.0 Å². The van der Waals surface area contributed by atoms with E-state index in [2.05, 4.69) is 10.3 Å². The van der Waals surface area contributed by atoms with Crippen molar-refractivity contribution in [2.24, 2.45) is 0 Å². The fourth-order valence-corrected chi connectivity index (χ4v) is 4.46. The molecule has 1 N–H and O–H groups in total. The molecule has 2 amide bonds. The van der Waals surface area contributed by atoms with Gasteiger partial charge in [-0.1, -0.05) is 11.8 Å². The Hall–Kier alpha value is -1.97. The van der Waals surface area contributed by atoms with Crippen molar-refractivity contribution >= 4 is 40.6 Å². The highest BCUT2D eigenvalue weighted by Gasteiger charge is 2.22. The van der Waals surface area contributed by atoms with E-state index in [-0.39, 0.29) is 24.2 Å². The summed E-state index contributed by atoms with van der Waals surface area (Å²) < 4.78 is 13.8. The summed E-state index contributed by atoms with van der Waals surface area (Å²) in [5, 5.41) is 4.73. The second kappa shape index (κ2) is 9.29. The number of aromatic nitrogens is 1. The molecule has 1 saturated heterocycles. The number of rotatable bonds is 6. The molecule has 1 aliphatic rings. The van der Waals surface area contributed by atoms with Crippen LogP contribution in [0.15, 0.2) is 34.0 Å². The molecule has 0 spiro atoms. The van der Waals surface area contributed by atoms with Gasteiger partial charge in [0.15, 0.2) is 4.34 Å². The smallest absolute Gasteiger partial charge is 0.238 e. The second-order valence-electron chi connectivity index (χ2n) is 6.26. The number of amides is 2. The van der Waals surface area contributed by atoms with Crippen molar-refractivity contribution in [3.05, 3.63) is 41.2 Å². The summed E-state index contributed by atoms with van der Waals surface area (Å²) >= 11 is 3.02. The molecule has 1 aromatic carbocycles. The van der Waals surface area contributed by atoms with Crippen LogP contribution in [0, 0.1) is 12.7 Å². The van der Waals surface area contributed by atoms with Gasteiger partial charge < -0.3 is 10.2 Å². The molecule has 1 aromatic heterocycles. The third-order valence-corrected chi connectivity index (χ3v) is 6.26. The first kappa shape index (κ1) is 19.8. The van der Waals surface area contributed by atoms with Crippen LogP contribution in [0.4, 0.5) is 10.1 Å². The zero-order valence-electron chi connectivity index (χ0n) is 15.0. The first-order valence-electron chi connectivity index (χ1n) is 8.60. The van der Waals surface area contributed by atoms with Crippen LogP contribution < -0.4 is 5.32 Å². The SMILES string of the molecule is Cc1csc(SCC(=O)N2CCN(CC(=O)Nc3ccc(F)cc3)CC2)n1. The molecule has 0 saturated carbocycles. The number of piperazine rings is 1. The predicted molar refractivity (Wildman–Crippen MR) is 106 cm³/mol. The van der Waals surface area contributed by atoms with Gasteiger partial charge in [-0.05, 0) is 31.2 Å². The van der Waals surface area contributed by atoms with Crippen molar-refractivity contribution in [2.45, 2.75) is 11.3 Å². The Morgan fingerprint density at radius 3 is 2.56 bits per heavy atom. The van der Waals surface area contributed by atoms with Gasteiger partial charge in [0.1, 0.15) is 5.82 Å². The standard InChI is InChI=1S/C18H21FN4O2S2/c1-13-11-26-18(20-13)27-12-17(25)23-8-6-22(7-9-23)10-16(24)21-15-4-2-14(19)3-5-15/h2-5,11H,6-10,12H2,1H3,(H,21,24). The lowest BCUT2D eigenvalue weighted by molar-refractivity contribution is -0.130. The van der Waals surface area contributed by atoms with Crippen LogP contribution in [0.25, 0.3) is 0 Å². The highest BCUT2D eigenvalue weighted by Crippen LogP contribution is 2.22. The van der Waals surface area contributed by atoms with Crippen LogP contribution in [0.3, 0.4) is 0 Å². The van der Waals surface area contributed by atoms with Crippen LogP contribution in [0.5, 0.6) is 0 Å². The Bertz CT molecular complexity index is 789. The molecule has 0 unspecified atom stereocenters. The minimum Gasteiger partial charge on any atom is -0.339 e. The third-order valence-electron chi connectivity index (χ3n) is 4.14. The maximum absolute atomic E-state index is 12.9. The Kier molecular flexibility index (Phi) is 6.81. The van der Waals surface area contributed by atoms with Crippen molar-refractivity contribution in [3.8, 4) is 0 Å². The fraction of sp³-hybridized carbons (Fsp3) is 0.389. The summed E-state index contributed by atoms with van der Waals surface area (Å²) in [5.74, 6) is 0.00848. The van der Waals surface area contributed by atoms with Crippen LogP contribution in [0.1, 0.15) is 5.69 Å². The normalized spacial score (nSPS) is 15.0. The van der Waals surface area contributed by atoms with Gasteiger partial charge in [0.2, 0.25) is 11.8 Å². The molecule has 0 radical (unpaired) electrons. The first-order chi connectivity index (χ1) is 13.0. The van der Waals surface area contributed by atoms with E-state index < -0.39 is 0 Å². The highest BCUT2D eigenvalue weighted by atomic mass is 32.2. The van der Waals surface area contributed by atoms with Crippen molar-refractivity contribution in [2.75, 3.05) is 43.8 Å². The third kappa shape index (κ3) is 6.02. The second-order valence-corrected chi connectivity index (χ2v) is 8.34. The number of thiazole rings is 1. The van der Waals surface area contributed by atoms with Crippen molar-refractivity contribution in [1.82, 2.24) is 14.8 Å². The topological polar surface area (TPSA) is 65.5 Å². The Balaban J connectivity index is 1.38. The van der Waals surface area contributed by atoms with E-state index >= 15 is 0 Å². The first-order valence-corrected chi connectivity index (χ1v) is 10.5. The average molecular weight is 409 g/mol. The summed E-state index contributed by atoms with van der Waals surface area (Å²) in [5.41, 5.74) is 1.55. The summed E-state index contributed by atoms with van der Waals surface area (Å²) in [6.07, 6.45) is 0. The minimum absolute atomic E-state index is 0.100. The molecule has 0 bridgehead atoms. The molecular weight excluding hydrogens is 387 g/mol. The summed E-state index contributed by atoms with van der Waals surface area (Å²) in [6, 6.07) is 5.69. The molecule has 1 fully saturated rings. The molecule has 3 rings (SSSR count). The van der Waals surface area contributed by atoms with Crippen LogP contribution in [-0.4, -0.2) is 65.1 Å². The minimum atomic E-state index is -0.336. The molecule has 144 valence electrons. The number of nitrogens with one attached hydrogen (secondary N) is 1. The van der Waals surface area contributed by atoms with Gasteiger partial charge in [-0.15, -0.1) is 11.3 Å². The number of benzene rings is 1. The number of carbonyl (C=O) groups excluding carboxylic acids is 2. The summed E-state index contributed by atoms with van der Waals surface area (Å²) in [4.78, 5) is 32.6. The van der Waals surface area contributed by atoms with Gasteiger partial charge in [0.25, 0.3) is 0 Å². The molecule has 2 aromatic rings. The molecule has 6 nitrogen and oxygen atoms in total. The van der Waals surface area contributed by atoms with Crippen LogP contribution in [-0.2, 0) is 9.59 Å².